The van der Waals surface area contributed by atoms with Crippen molar-refractivity contribution in [3.8, 4) is 6.07 Å². The predicted molar refractivity (Wildman–Crippen MR) is 127 cm³/mol. The zero-order valence-corrected chi connectivity index (χ0v) is 19.5. The number of carbonyl (C=O) groups excluding carboxylic acids is 2. The van der Waals surface area contributed by atoms with Gasteiger partial charge in [-0.2, -0.15) is 10.4 Å². The molecular weight excluding hydrogens is 430 g/mol. The maximum Gasteiger partial charge on any atom is 0.254 e. The minimum Gasteiger partial charge on any atom is -0.365 e. The third kappa shape index (κ3) is 4.14. The van der Waals surface area contributed by atoms with E-state index in [-0.39, 0.29) is 35.0 Å². The van der Waals surface area contributed by atoms with Gasteiger partial charge in [0.2, 0.25) is 5.91 Å². The summed E-state index contributed by atoms with van der Waals surface area (Å²) in [6.07, 6.45) is 14.8. The van der Waals surface area contributed by atoms with Crippen LogP contribution in [0.25, 0.3) is 0 Å². The number of carbonyl (C=O) groups is 2. The van der Waals surface area contributed by atoms with Gasteiger partial charge in [-0.15, -0.1) is 0 Å². The minimum atomic E-state index is -0.638. The van der Waals surface area contributed by atoms with Gasteiger partial charge in [0.25, 0.3) is 5.91 Å². The normalized spacial score (nSPS) is 25.5. The van der Waals surface area contributed by atoms with E-state index in [0.717, 1.165) is 51.7 Å². The highest BCUT2D eigenvalue weighted by Gasteiger charge is 2.39. The molecule has 1 aromatic rings. The zero-order chi connectivity index (χ0) is 23.9. The standard InChI is InChI=1S/C25H31N7O2/c1-24-5-4-17(14-20(24)28-11-7-24)15-31-12-8-25(6-10-26,9-13-31)32-16-19(21(27)33)22(30-32)29-23(34)18-2-3-18/h4,7,11,14,16,18,28H,2-3,5-6,8-9,12-13,15H2,1H3,(H2,27,33)(H,29,30,34). The number of aromatic nitrogens is 2. The Morgan fingerprint density at radius 2 is 2.12 bits per heavy atom. The number of nitriles is 1. The molecule has 2 amide bonds. The van der Waals surface area contributed by atoms with Crippen molar-refractivity contribution in [2.24, 2.45) is 17.1 Å². The van der Waals surface area contributed by atoms with Crippen molar-refractivity contribution in [2.75, 3.05) is 25.0 Å². The van der Waals surface area contributed by atoms with Gasteiger partial charge in [-0.1, -0.05) is 19.1 Å². The number of hydrogen-bond acceptors (Lipinski definition) is 6. The van der Waals surface area contributed by atoms with Gasteiger partial charge in [0.1, 0.15) is 5.56 Å². The third-order valence-corrected chi connectivity index (χ3v) is 7.68. The quantitative estimate of drug-likeness (QED) is 0.572. The van der Waals surface area contributed by atoms with Gasteiger partial charge < -0.3 is 16.4 Å². The molecule has 3 heterocycles. The molecule has 1 saturated carbocycles. The minimum absolute atomic E-state index is 0.0145. The predicted octanol–water partition coefficient (Wildman–Crippen LogP) is 2.37. The number of rotatable bonds is 7. The molecule has 2 aliphatic carbocycles. The number of amides is 2. The second kappa shape index (κ2) is 8.44. The van der Waals surface area contributed by atoms with Crippen molar-refractivity contribution in [2.45, 2.75) is 51.0 Å². The smallest absolute Gasteiger partial charge is 0.254 e. The van der Waals surface area contributed by atoms with Gasteiger partial charge >= 0.3 is 0 Å². The molecular formula is C25H31N7O2. The van der Waals surface area contributed by atoms with Crippen molar-refractivity contribution in [3.63, 3.8) is 0 Å². The van der Waals surface area contributed by atoms with Crippen LogP contribution in [0, 0.1) is 22.7 Å². The van der Waals surface area contributed by atoms with Crippen LogP contribution in [0.15, 0.2) is 41.9 Å². The highest BCUT2D eigenvalue weighted by molar-refractivity contribution is 6.02. The lowest BCUT2D eigenvalue weighted by molar-refractivity contribution is -0.117. The van der Waals surface area contributed by atoms with Crippen molar-refractivity contribution in [3.05, 3.63) is 47.5 Å². The molecule has 9 nitrogen and oxygen atoms in total. The van der Waals surface area contributed by atoms with E-state index in [2.05, 4.69) is 51.9 Å². The van der Waals surface area contributed by atoms with Crippen molar-refractivity contribution in [1.29, 1.82) is 5.26 Å². The van der Waals surface area contributed by atoms with E-state index < -0.39 is 11.4 Å². The Morgan fingerprint density at radius 3 is 2.79 bits per heavy atom. The summed E-state index contributed by atoms with van der Waals surface area (Å²) >= 11 is 0. The second-order valence-electron chi connectivity index (χ2n) is 10.2. The summed E-state index contributed by atoms with van der Waals surface area (Å²) in [7, 11) is 0. The van der Waals surface area contributed by atoms with Crippen molar-refractivity contribution in [1.82, 2.24) is 20.0 Å². The van der Waals surface area contributed by atoms with Gasteiger partial charge in [0.15, 0.2) is 5.82 Å². The van der Waals surface area contributed by atoms with Crippen LogP contribution in [0.3, 0.4) is 0 Å². The molecule has 9 heteroatoms. The fraction of sp³-hybridized carbons (Fsp3) is 0.520. The lowest BCUT2D eigenvalue weighted by Crippen LogP contribution is -2.47. The average Bonchev–Trinajstić information content (AvgIpc) is 3.47. The largest absolute Gasteiger partial charge is 0.365 e. The Balaban J connectivity index is 1.30. The van der Waals surface area contributed by atoms with Crippen molar-refractivity contribution < 1.29 is 9.59 Å². The van der Waals surface area contributed by atoms with Gasteiger partial charge in [0, 0.05) is 42.9 Å². The molecule has 0 bridgehead atoms. The molecule has 2 aliphatic heterocycles. The van der Waals surface area contributed by atoms with E-state index >= 15 is 0 Å². The Labute approximate surface area is 199 Å². The highest BCUT2D eigenvalue weighted by atomic mass is 16.2. The summed E-state index contributed by atoms with van der Waals surface area (Å²) in [4.78, 5) is 26.7. The van der Waals surface area contributed by atoms with Crippen LogP contribution in [0.1, 0.15) is 55.8 Å². The number of anilines is 1. The lowest BCUT2D eigenvalue weighted by atomic mass is 9.80. The van der Waals surface area contributed by atoms with Crippen LogP contribution in [0.4, 0.5) is 5.82 Å². The maximum atomic E-state index is 12.3. The van der Waals surface area contributed by atoms with Gasteiger partial charge in [0.05, 0.1) is 18.0 Å². The van der Waals surface area contributed by atoms with Crippen LogP contribution in [-0.2, 0) is 10.3 Å². The number of hydrogen-bond donors (Lipinski definition) is 3. The highest BCUT2D eigenvalue weighted by Crippen LogP contribution is 2.40. The van der Waals surface area contributed by atoms with Crippen LogP contribution < -0.4 is 16.4 Å². The molecule has 1 atom stereocenters. The van der Waals surface area contributed by atoms with Crippen LogP contribution in [0.5, 0.6) is 0 Å². The summed E-state index contributed by atoms with van der Waals surface area (Å²) in [5, 5.41) is 20.3. The summed E-state index contributed by atoms with van der Waals surface area (Å²) in [5.41, 5.74) is 7.86. The molecule has 1 saturated heterocycles. The SMILES string of the molecule is CC12C=CNC1=CC(CN1CCC(CC#N)(n3cc(C(N)=O)c(NC(=O)C4CC4)n3)CC1)=CC2. The topological polar surface area (TPSA) is 129 Å². The Kier molecular flexibility index (Phi) is 5.56. The number of nitrogens with one attached hydrogen (secondary N) is 2. The molecule has 1 aromatic heterocycles. The number of allylic oxidation sites excluding steroid dienone is 2. The molecule has 0 spiro atoms. The fourth-order valence-corrected chi connectivity index (χ4v) is 5.13. The first-order chi connectivity index (χ1) is 16.3. The number of likely N-dealkylation sites (tertiary alicyclic amines) is 1. The molecule has 178 valence electrons. The van der Waals surface area contributed by atoms with Crippen molar-refractivity contribution >= 4 is 17.6 Å². The monoisotopic (exact) mass is 461 g/mol. The third-order valence-electron chi connectivity index (χ3n) is 7.68. The van der Waals surface area contributed by atoms with Crippen LogP contribution >= 0.6 is 0 Å². The Hall–Kier alpha value is -3.38. The molecule has 0 aromatic carbocycles. The average molecular weight is 462 g/mol. The van der Waals surface area contributed by atoms with E-state index in [1.54, 1.807) is 10.9 Å². The first-order valence-electron chi connectivity index (χ1n) is 12.0. The number of nitrogens with two attached hydrogens (primary N) is 1. The van der Waals surface area contributed by atoms with Crippen LogP contribution in [0.2, 0.25) is 0 Å². The maximum absolute atomic E-state index is 12.3. The fourth-order valence-electron chi connectivity index (χ4n) is 5.13. The number of primary amides is 1. The van der Waals surface area contributed by atoms with E-state index in [9.17, 15) is 14.9 Å². The summed E-state index contributed by atoms with van der Waals surface area (Å²) in [5.74, 6) is -0.584. The Bertz CT molecular complexity index is 1140. The number of nitrogens with zero attached hydrogens (tertiary/aromatic N) is 4. The molecule has 2 fully saturated rings. The van der Waals surface area contributed by atoms with Crippen LogP contribution in [-0.4, -0.2) is 46.1 Å². The van der Waals surface area contributed by atoms with Gasteiger partial charge in [-0.25, -0.2) is 0 Å². The second-order valence-corrected chi connectivity index (χ2v) is 10.2. The van der Waals surface area contributed by atoms with Gasteiger partial charge in [-0.3, -0.25) is 19.2 Å². The summed E-state index contributed by atoms with van der Waals surface area (Å²) < 4.78 is 1.71. The summed E-state index contributed by atoms with van der Waals surface area (Å²) in [6, 6.07) is 2.31. The molecule has 1 unspecified atom stereocenters. The summed E-state index contributed by atoms with van der Waals surface area (Å²) in [6.45, 7) is 4.71. The lowest BCUT2D eigenvalue weighted by Gasteiger charge is -2.41. The van der Waals surface area contributed by atoms with E-state index in [4.69, 9.17) is 5.73 Å². The van der Waals surface area contributed by atoms with Gasteiger partial charge in [-0.05, 0) is 50.0 Å². The van der Waals surface area contributed by atoms with E-state index in [1.165, 1.54) is 11.3 Å². The number of piperidine rings is 1. The van der Waals surface area contributed by atoms with E-state index in [0.29, 0.717) is 0 Å². The molecule has 34 heavy (non-hydrogen) atoms. The molecule has 5 rings (SSSR count). The Morgan fingerprint density at radius 1 is 1.35 bits per heavy atom. The van der Waals surface area contributed by atoms with E-state index in [1.807, 2.05) is 6.20 Å². The number of fused-ring (bicyclic) bond motifs is 1. The molecule has 4 N–H and O–H groups in total. The first kappa shape index (κ1) is 22.4. The molecule has 4 aliphatic rings. The molecule has 0 radical (unpaired) electrons. The first-order valence-corrected chi connectivity index (χ1v) is 12.0. The zero-order valence-electron chi connectivity index (χ0n) is 19.5.